The van der Waals surface area contributed by atoms with Gasteiger partial charge in [-0.2, -0.15) is 5.10 Å². The van der Waals surface area contributed by atoms with Gasteiger partial charge in [-0.25, -0.2) is 0 Å². The van der Waals surface area contributed by atoms with Gasteiger partial charge in [0.25, 0.3) is 0 Å². The van der Waals surface area contributed by atoms with Crippen molar-refractivity contribution in [3.63, 3.8) is 0 Å². The highest BCUT2D eigenvalue weighted by Crippen LogP contribution is 1.96. The molecule has 0 spiro atoms. The summed E-state index contributed by atoms with van der Waals surface area (Å²) in [7, 11) is 1.45. The monoisotopic (exact) mass is 209 g/mol. The first-order valence-electron chi connectivity index (χ1n) is 3.96. The lowest BCUT2D eigenvalue weighted by atomic mass is 10.2. The summed E-state index contributed by atoms with van der Waals surface area (Å²) in [5, 5.41) is 5.07. The Morgan fingerprint density at radius 1 is 1.50 bits per heavy atom. The minimum absolute atomic E-state index is 0.0691. The smallest absolute Gasteiger partial charge is 0.215 e. The summed E-state index contributed by atoms with van der Waals surface area (Å²) >= 11 is 4.70. The Morgan fingerprint density at radius 2 is 2.14 bits per heavy atom. The normalized spacial score (nSPS) is 10.4. The first-order chi connectivity index (χ1) is 6.74. The van der Waals surface area contributed by atoms with Crippen molar-refractivity contribution in [2.45, 2.75) is 0 Å². The number of hydrogen-bond acceptors (Lipinski definition) is 3. The first kappa shape index (κ1) is 10.6. The van der Waals surface area contributed by atoms with E-state index in [1.807, 2.05) is 30.3 Å². The van der Waals surface area contributed by atoms with E-state index in [0.29, 0.717) is 0 Å². The Morgan fingerprint density at radius 3 is 2.64 bits per heavy atom. The molecule has 0 heterocycles. The first-order valence-corrected chi connectivity index (χ1v) is 4.37. The van der Waals surface area contributed by atoms with Crippen molar-refractivity contribution in [1.82, 2.24) is 5.17 Å². The maximum Gasteiger partial charge on any atom is 0.215 e. The molecule has 1 aromatic rings. The molecule has 0 radical (unpaired) electrons. The molecule has 0 atom stereocenters. The van der Waals surface area contributed by atoms with Gasteiger partial charge in [-0.1, -0.05) is 30.3 Å². The average molecular weight is 209 g/mol. The van der Waals surface area contributed by atoms with Crippen LogP contribution in [-0.4, -0.2) is 23.6 Å². The van der Waals surface area contributed by atoms with Crippen LogP contribution in [0.5, 0.6) is 0 Å². The molecule has 2 N–H and O–H groups in total. The van der Waals surface area contributed by atoms with Gasteiger partial charge < -0.3 is 5.73 Å². The Kier molecular flexibility index (Phi) is 4.03. The SMILES string of the molecule is CON(N=Cc1ccccc1)C(N)=S. The predicted octanol–water partition coefficient (Wildman–Crippen LogP) is 1.13. The Labute approximate surface area is 87.9 Å². The number of nitrogens with two attached hydrogens (primary N) is 1. The van der Waals surface area contributed by atoms with Crippen molar-refractivity contribution in [3.8, 4) is 0 Å². The molecule has 0 bridgehead atoms. The van der Waals surface area contributed by atoms with Gasteiger partial charge in [0.2, 0.25) is 5.11 Å². The van der Waals surface area contributed by atoms with Gasteiger partial charge in [0.15, 0.2) is 0 Å². The Hall–Kier alpha value is -1.46. The van der Waals surface area contributed by atoms with Gasteiger partial charge in [-0.3, -0.25) is 4.84 Å². The highest BCUT2D eigenvalue weighted by Gasteiger charge is 1.99. The molecule has 0 aliphatic rings. The third-order valence-electron chi connectivity index (χ3n) is 1.47. The molecule has 1 rings (SSSR count). The van der Waals surface area contributed by atoms with Gasteiger partial charge in [0.05, 0.1) is 13.3 Å². The molecule has 5 heteroatoms. The van der Waals surface area contributed by atoms with Crippen molar-refractivity contribution in [1.29, 1.82) is 0 Å². The molecule has 0 fully saturated rings. The van der Waals surface area contributed by atoms with E-state index >= 15 is 0 Å². The standard InChI is InChI=1S/C9H11N3OS/c1-13-12(9(10)14)11-7-8-5-3-2-4-6-8/h2-7H,1H3,(H2,10,14). The van der Waals surface area contributed by atoms with E-state index in [4.69, 9.17) is 22.8 Å². The van der Waals surface area contributed by atoms with E-state index in [-0.39, 0.29) is 5.11 Å². The average Bonchev–Trinajstić information content (AvgIpc) is 2.20. The zero-order chi connectivity index (χ0) is 10.4. The number of rotatable bonds is 3. The predicted molar refractivity (Wildman–Crippen MR) is 59.7 cm³/mol. The zero-order valence-corrected chi connectivity index (χ0v) is 8.57. The number of benzene rings is 1. The fraction of sp³-hybridized carbons (Fsp3) is 0.111. The van der Waals surface area contributed by atoms with Crippen LogP contribution in [0.15, 0.2) is 35.4 Å². The maximum atomic E-state index is 5.33. The molecule has 0 aromatic heterocycles. The van der Waals surface area contributed by atoms with Crippen LogP contribution in [0.1, 0.15) is 5.56 Å². The van der Waals surface area contributed by atoms with E-state index < -0.39 is 0 Å². The van der Waals surface area contributed by atoms with E-state index in [1.165, 1.54) is 7.11 Å². The fourth-order valence-electron chi connectivity index (χ4n) is 0.852. The lowest BCUT2D eigenvalue weighted by Gasteiger charge is -2.11. The molecular formula is C9H11N3OS. The summed E-state index contributed by atoms with van der Waals surface area (Å²) in [6.45, 7) is 0. The maximum absolute atomic E-state index is 5.33. The molecule has 1 aromatic carbocycles. The van der Waals surface area contributed by atoms with Crippen molar-refractivity contribution in [2.24, 2.45) is 10.8 Å². The van der Waals surface area contributed by atoms with Gasteiger partial charge >= 0.3 is 0 Å². The van der Waals surface area contributed by atoms with Crippen LogP contribution >= 0.6 is 12.2 Å². The lowest BCUT2D eigenvalue weighted by Crippen LogP contribution is -2.30. The lowest BCUT2D eigenvalue weighted by molar-refractivity contribution is -0.0613. The second kappa shape index (κ2) is 5.31. The number of nitrogens with zero attached hydrogens (tertiary/aromatic N) is 2. The van der Waals surface area contributed by atoms with Crippen LogP contribution in [0, 0.1) is 0 Å². The summed E-state index contributed by atoms with van der Waals surface area (Å²) in [6.07, 6.45) is 1.61. The second-order valence-electron chi connectivity index (χ2n) is 2.45. The quantitative estimate of drug-likeness (QED) is 0.460. The van der Waals surface area contributed by atoms with Gasteiger partial charge in [-0.15, -0.1) is 5.17 Å². The van der Waals surface area contributed by atoms with Crippen LogP contribution in [0.4, 0.5) is 0 Å². The third kappa shape index (κ3) is 3.12. The van der Waals surface area contributed by atoms with Gasteiger partial charge in [0.1, 0.15) is 0 Å². The van der Waals surface area contributed by atoms with Gasteiger partial charge in [-0.05, 0) is 17.8 Å². The molecule has 0 amide bonds. The molecule has 0 saturated carbocycles. The van der Waals surface area contributed by atoms with E-state index in [0.717, 1.165) is 10.7 Å². The fourth-order valence-corrected chi connectivity index (χ4v) is 0.974. The summed E-state index contributed by atoms with van der Waals surface area (Å²) in [6, 6.07) is 9.59. The van der Waals surface area contributed by atoms with E-state index in [1.54, 1.807) is 6.21 Å². The van der Waals surface area contributed by atoms with Crippen molar-refractivity contribution in [3.05, 3.63) is 35.9 Å². The van der Waals surface area contributed by atoms with Crippen molar-refractivity contribution >= 4 is 23.5 Å². The topological polar surface area (TPSA) is 50.8 Å². The molecule has 14 heavy (non-hydrogen) atoms. The van der Waals surface area contributed by atoms with Crippen LogP contribution in [0.3, 0.4) is 0 Å². The van der Waals surface area contributed by atoms with Crippen LogP contribution < -0.4 is 5.73 Å². The van der Waals surface area contributed by atoms with Crippen LogP contribution in [0.25, 0.3) is 0 Å². The van der Waals surface area contributed by atoms with Crippen molar-refractivity contribution < 1.29 is 4.84 Å². The highest BCUT2D eigenvalue weighted by atomic mass is 32.1. The van der Waals surface area contributed by atoms with Crippen LogP contribution in [-0.2, 0) is 4.84 Å². The Bertz CT molecular complexity index is 326. The number of hydrogen-bond donors (Lipinski definition) is 1. The molecule has 0 aliphatic carbocycles. The molecule has 4 nitrogen and oxygen atoms in total. The van der Waals surface area contributed by atoms with Crippen LogP contribution in [0.2, 0.25) is 0 Å². The molecule has 74 valence electrons. The molecule has 0 unspecified atom stereocenters. The Balaban J connectivity index is 2.67. The summed E-state index contributed by atoms with van der Waals surface area (Å²) < 4.78 is 0. The van der Waals surface area contributed by atoms with Gasteiger partial charge in [0, 0.05) is 0 Å². The molecule has 0 saturated heterocycles. The number of hydrazone groups is 1. The number of hydroxylamine groups is 1. The van der Waals surface area contributed by atoms with Crippen molar-refractivity contribution in [2.75, 3.05) is 7.11 Å². The summed E-state index contributed by atoms with van der Waals surface area (Å²) in [5.41, 5.74) is 6.28. The summed E-state index contributed by atoms with van der Waals surface area (Å²) in [5.74, 6) is 0. The van der Waals surface area contributed by atoms with E-state index in [2.05, 4.69) is 5.10 Å². The van der Waals surface area contributed by atoms with E-state index in [9.17, 15) is 0 Å². The highest BCUT2D eigenvalue weighted by molar-refractivity contribution is 7.80. The molecular weight excluding hydrogens is 198 g/mol. The third-order valence-corrected chi connectivity index (χ3v) is 1.63. The summed E-state index contributed by atoms with van der Waals surface area (Å²) in [4.78, 5) is 4.80. The largest absolute Gasteiger partial charge is 0.373 e. The minimum Gasteiger partial charge on any atom is -0.373 e. The minimum atomic E-state index is 0.0691. The number of thiocarbonyl (C=S) groups is 1. The molecule has 0 aliphatic heterocycles. The zero-order valence-electron chi connectivity index (χ0n) is 7.75. The second-order valence-corrected chi connectivity index (χ2v) is 2.87.